The quantitative estimate of drug-likeness (QED) is 0.936. The summed E-state index contributed by atoms with van der Waals surface area (Å²) in [5.41, 5.74) is 2.14. The number of nitrogens with zero attached hydrogens (tertiary/aromatic N) is 2. The van der Waals surface area contributed by atoms with Crippen LogP contribution in [0.3, 0.4) is 0 Å². The Morgan fingerprint density at radius 1 is 1.05 bits per heavy atom. The molecule has 21 heavy (non-hydrogen) atoms. The molecule has 0 radical (unpaired) electrons. The molecule has 0 aliphatic rings. The van der Waals surface area contributed by atoms with E-state index < -0.39 is 10.0 Å². The smallest absolute Gasteiger partial charge is 0.264 e. The number of benzene rings is 1. The molecule has 0 aliphatic carbocycles. The van der Waals surface area contributed by atoms with Gasteiger partial charge in [-0.1, -0.05) is 0 Å². The van der Waals surface area contributed by atoms with E-state index in [-0.39, 0.29) is 10.8 Å². The van der Waals surface area contributed by atoms with Gasteiger partial charge in [-0.25, -0.2) is 23.1 Å². The fourth-order valence-corrected chi connectivity index (χ4v) is 3.00. The Labute approximate surface area is 124 Å². The number of ether oxygens (including phenoxy) is 1. The number of hydrogen-bond donors (Lipinski definition) is 1. The largest absolute Gasteiger partial charge is 0.496 e. The molecular formula is C14H17N3O3S. The third-order valence-corrected chi connectivity index (χ3v) is 4.21. The molecule has 6 nitrogen and oxygen atoms in total. The molecule has 0 aliphatic heterocycles. The molecule has 0 spiro atoms. The second kappa shape index (κ2) is 5.69. The number of rotatable bonds is 4. The van der Waals surface area contributed by atoms with Crippen molar-refractivity contribution in [3.63, 3.8) is 0 Å². The van der Waals surface area contributed by atoms with E-state index in [1.54, 1.807) is 39.0 Å². The zero-order valence-corrected chi connectivity index (χ0v) is 13.2. The van der Waals surface area contributed by atoms with Gasteiger partial charge < -0.3 is 4.74 Å². The van der Waals surface area contributed by atoms with Crippen LogP contribution in [0.2, 0.25) is 0 Å². The lowest BCUT2D eigenvalue weighted by Crippen LogP contribution is -2.16. The van der Waals surface area contributed by atoms with Crippen LogP contribution >= 0.6 is 0 Å². The third kappa shape index (κ3) is 3.49. The van der Waals surface area contributed by atoms with Crippen molar-refractivity contribution in [3.8, 4) is 5.75 Å². The Kier molecular flexibility index (Phi) is 4.13. The summed E-state index contributed by atoms with van der Waals surface area (Å²) in [5, 5.41) is 0. The minimum Gasteiger partial charge on any atom is -0.496 e. The number of aryl methyl sites for hydroxylation is 3. The predicted molar refractivity (Wildman–Crippen MR) is 80.0 cm³/mol. The zero-order chi connectivity index (χ0) is 15.6. The molecule has 1 N–H and O–H groups in total. The van der Waals surface area contributed by atoms with Crippen molar-refractivity contribution >= 4 is 16.0 Å². The van der Waals surface area contributed by atoms with Gasteiger partial charge in [-0.15, -0.1) is 0 Å². The van der Waals surface area contributed by atoms with Crippen molar-refractivity contribution in [3.05, 3.63) is 41.2 Å². The summed E-state index contributed by atoms with van der Waals surface area (Å²) >= 11 is 0. The standard InChI is InChI=1S/C14H17N3O3S/c1-9-7-12(5-6-13(9)20-4)21(18,19)17-14-15-10(2)8-11(3)16-14/h5-8H,1-4H3,(H,15,16,17). The molecule has 0 atom stereocenters. The highest BCUT2D eigenvalue weighted by Gasteiger charge is 2.17. The lowest BCUT2D eigenvalue weighted by atomic mass is 10.2. The van der Waals surface area contributed by atoms with E-state index >= 15 is 0 Å². The molecule has 2 rings (SSSR count). The molecule has 0 saturated heterocycles. The summed E-state index contributed by atoms with van der Waals surface area (Å²) in [6.07, 6.45) is 0. The third-order valence-electron chi connectivity index (χ3n) is 2.88. The summed E-state index contributed by atoms with van der Waals surface area (Å²) in [5.74, 6) is 0.706. The minimum atomic E-state index is -3.72. The molecule has 0 fully saturated rings. The van der Waals surface area contributed by atoms with Crippen molar-refractivity contribution in [1.29, 1.82) is 0 Å². The Morgan fingerprint density at radius 2 is 1.67 bits per heavy atom. The van der Waals surface area contributed by atoms with E-state index in [9.17, 15) is 8.42 Å². The van der Waals surface area contributed by atoms with Gasteiger partial charge in [0.25, 0.3) is 10.0 Å². The highest BCUT2D eigenvalue weighted by Crippen LogP contribution is 2.22. The molecule has 0 saturated carbocycles. The Balaban J connectivity index is 2.36. The highest BCUT2D eigenvalue weighted by molar-refractivity contribution is 7.92. The molecule has 0 unspecified atom stereocenters. The molecule has 1 heterocycles. The zero-order valence-electron chi connectivity index (χ0n) is 12.3. The van der Waals surface area contributed by atoms with E-state index in [0.717, 1.165) is 5.56 Å². The summed E-state index contributed by atoms with van der Waals surface area (Å²) in [6, 6.07) is 6.42. The van der Waals surface area contributed by atoms with Crippen LogP contribution in [0, 0.1) is 20.8 Å². The van der Waals surface area contributed by atoms with E-state index in [4.69, 9.17) is 4.74 Å². The van der Waals surface area contributed by atoms with Gasteiger partial charge in [0.05, 0.1) is 12.0 Å². The summed E-state index contributed by atoms with van der Waals surface area (Å²) < 4.78 is 32.2. The molecule has 7 heteroatoms. The van der Waals surface area contributed by atoms with Crippen LogP contribution in [0.5, 0.6) is 5.75 Å². The topological polar surface area (TPSA) is 81.2 Å². The second-order valence-electron chi connectivity index (χ2n) is 4.71. The van der Waals surface area contributed by atoms with Crippen molar-refractivity contribution in [2.75, 3.05) is 11.8 Å². The van der Waals surface area contributed by atoms with Crippen LogP contribution in [0.15, 0.2) is 29.2 Å². The fraction of sp³-hybridized carbons (Fsp3) is 0.286. The SMILES string of the molecule is COc1ccc(S(=O)(=O)Nc2nc(C)cc(C)n2)cc1C. The van der Waals surface area contributed by atoms with Crippen molar-refractivity contribution in [2.24, 2.45) is 0 Å². The Hall–Kier alpha value is -2.15. The van der Waals surface area contributed by atoms with Gasteiger partial charge >= 0.3 is 0 Å². The minimum absolute atomic E-state index is 0.0703. The monoisotopic (exact) mass is 307 g/mol. The molecule has 1 aromatic heterocycles. The predicted octanol–water partition coefficient (Wildman–Crippen LogP) is 2.21. The Morgan fingerprint density at radius 3 is 2.19 bits per heavy atom. The van der Waals surface area contributed by atoms with Crippen LogP contribution in [-0.2, 0) is 10.0 Å². The van der Waals surface area contributed by atoms with Gasteiger partial charge in [0.1, 0.15) is 5.75 Å². The highest BCUT2D eigenvalue weighted by atomic mass is 32.2. The summed E-state index contributed by atoms with van der Waals surface area (Å²) in [6.45, 7) is 5.35. The van der Waals surface area contributed by atoms with Crippen molar-refractivity contribution in [2.45, 2.75) is 25.7 Å². The molecule has 0 amide bonds. The molecular weight excluding hydrogens is 290 g/mol. The van der Waals surface area contributed by atoms with Gasteiger partial charge in [-0.3, -0.25) is 0 Å². The van der Waals surface area contributed by atoms with Crippen molar-refractivity contribution in [1.82, 2.24) is 9.97 Å². The van der Waals surface area contributed by atoms with E-state index in [2.05, 4.69) is 14.7 Å². The van der Waals surface area contributed by atoms with Crippen molar-refractivity contribution < 1.29 is 13.2 Å². The Bertz CT molecular complexity index is 753. The number of nitrogens with one attached hydrogen (secondary N) is 1. The molecule has 2 aromatic rings. The molecule has 0 bridgehead atoms. The number of methoxy groups -OCH3 is 1. The first kappa shape index (κ1) is 15.2. The van der Waals surface area contributed by atoms with E-state index in [0.29, 0.717) is 17.1 Å². The van der Waals surface area contributed by atoms with Gasteiger partial charge in [0.2, 0.25) is 5.95 Å². The van der Waals surface area contributed by atoms with Gasteiger partial charge in [0.15, 0.2) is 0 Å². The van der Waals surface area contributed by atoms with Crippen LogP contribution in [-0.4, -0.2) is 25.5 Å². The van der Waals surface area contributed by atoms with Crippen LogP contribution < -0.4 is 9.46 Å². The lowest BCUT2D eigenvalue weighted by molar-refractivity contribution is 0.411. The maximum absolute atomic E-state index is 12.3. The average Bonchev–Trinajstić information content (AvgIpc) is 2.36. The van der Waals surface area contributed by atoms with Gasteiger partial charge in [0, 0.05) is 11.4 Å². The summed E-state index contributed by atoms with van der Waals surface area (Å²) in [7, 11) is -2.19. The van der Waals surface area contributed by atoms with E-state index in [1.807, 2.05) is 0 Å². The first-order chi connectivity index (χ1) is 9.81. The first-order valence-corrected chi connectivity index (χ1v) is 7.80. The average molecular weight is 307 g/mol. The number of aromatic nitrogens is 2. The second-order valence-corrected chi connectivity index (χ2v) is 6.39. The maximum atomic E-state index is 12.3. The van der Waals surface area contributed by atoms with Crippen LogP contribution in [0.25, 0.3) is 0 Å². The van der Waals surface area contributed by atoms with Crippen LogP contribution in [0.1, 0.15) is 17.0 Å². The normalized spacial score (nSPS) is 11.2. The van der Waals surface area contributed by atoms with Gasteiger partial charge in [-0.05, 0) is 50.6 Å². The van der Waals surface area contributed by atoms with E-state index in [1.165, 1.54) is 13.2 Å². The summed E-state index contributed by atoms with van der Waals surface area (Å²) in [4.78, 5) is 8.29. The molecule has 112 valence electrons. The fourth-order valence-electron chi connectivity index (χ4n) is 1.97. The number of anilines is 1. The number of sulfonamides is 1. The maximum Gasteiger partial charge on any atom is 0.264 e. The van der Waals surface area contributed by atoms with Crippen LogP contribution in [0.4, 0.5) is 5.95 Å². The first-order valence-electron chi connectivity index (χ1n) is 6.31. The molecule has 1 aromatic carbocycles. The van der Waals surface area contributed by atoms with Gasteiger partial charge in [-0.2, -0.15) is 0 Å². The number of hydrogen-bond acceptors (Lipinski definition) is 5. The lowest BCUT2D eigenvalue weighted by Gasteiger charge is -2.10.